The van der Waals surface area contributed by atoms with Gasteiger partial charge in [0.25, 0.3) is 0 Å². The van der Waals surface area contributed by atoms with E-state index in [-0.39, 0.29) is 12.1 Å². The lowest BCUT2D eigenvalue weighted by Gasteiger charge is -2.10. The van der Waals surface area contributed by atoms with E-state index in [1.165, 1.54) is 6.07 Å². The van der Waals surface area contributed by atoms with Crippen molar-refractivity contribution in [2.75, 3.05) is 11.5 Å². The third-order valence-electron chi connectivity index (χ3n) is 2.07. The molecule has 0 saturated heterocycles. The zero-order valence-electron chi connectivity index (χ0n) is 9.66. The first-order valence-electron chi connectivity index (χ1n) is 5.09. The molecule has 5 N–H and O–H groups in total. The summed E-state index contributed by atoms with van der Waals surface area (Å²) in [6, 6.07) is 3.08. The van der Waals surface area contributed by atoms with E-state index in [0.717, 1.165) is 23.9 Å². The van der Waals surface area contributed by atoms with Crippen LogP contribution in [0.2, 0.25) is 0 Å². The van der Waals surface area contributed by atoms with Crippen molar-refractivity contribution in [1.82, 2.24) is 5.59 Å². The second-order valence-electron chi connectivity index (χ2n) is 3.44. The first kappa shape index (κ1) is 15.6. The number of carbonyl (C=O) groups excluding carboxylic acids is 1. The highest BCUT2D eigenvalue weighted by atomic mass is 32.2. The van der Waals surface area contributed by atoms with E-state index in [2.05, 4.69) is 4.84 Å². The molecule has 1 aromatic carbocycles. The number of hydrogen-bond acceptors (Lipinski definition) is 6. The maximum Gasteiger partial charge on any atom is 0.416 e. The van der Waals surface area contributed by atoms with Gasteiger partial charge in [-0.1, -0.05) is 5.59 Å². The summed E-state index contributed by atoms with van der Waals surface area (Å²) in [4.78, 5) is 15.7. The van der Waals surface area contributed by atoms with Crippen molar-refractivity contribution in [2.24, 2.45) is 5.84 Å². The molecule has 0 radical (unpaired) electrons. The number of rotatable bonds is 5. The molecule has 0 aliphatic rings. The highest BCUT2D eigenvalue weighted by molar-refractivity contribution is 7.99. The summed E-state index contributed by atoms with van der Waals surface area (Å²) in [5.74, 6) is 4.51. The summed E-state index contributed by atoms with van der Waals surface area (Å²) in [5.41, 5.74) is 6.48. The number of nitrogen functional groups attached to an aromatic ring is 1. The minimum absolute atomic E-state index is 0.0187. The molecule has 0 heterocycles. The fourth-order valence-electron chi connectivity index (χ4n) is 1.22. The summed E-state index contributed by atoms with van der Waals surface area (Å²) in [5, 5.41) is 0. The number of benzene rings is 1. The maximum absolute atomic E-state index is 12.4. The minimum Gasteiger partial charge on any atom is -0.398 e. The average molecular weight is 295 g/mol. The van der Waals surface area contributed by atoms with Gasteiger partial charge in [0, 0.05) is 16.3 Å². The molecule has 106 valence electrons. The summed E-state index contributed by atoms with van der Waals surface area (Å²) in [6.07, 6.45) is -4.37. The zero-order chi connectivity index (χ0) is 14.5. The highest BCUT2D eigenvalue weighted by Crippen LogP contribution is 2.34. The number of hydrazine groups is 1. The Kier molecular flexibility index (Phi) is 5.45. The molecule has 9 heteroatoms. The number of nitrogens with one attached hydrogen (secondary N) is 1. The van der Waals surface area contributed by atoms with Gasteiger partial charge >= 0.3 is 12.1 Å². The number of alkyl halides is 3. The Morgan fingerprint density at radius 2 is 2.11 bits per heavy atom. The number of carbonyl (C=O) groups is 1. The Morgan fingerprint density at radius 1 is 1.42 bits per heavy atom. The maximum atomic E-state index is 12.4. The molecule has 0 spiro atoms. The molecule has 1 rings (SSSR count). The Morgan fingerprint density at radius 3 is 2.63 bits per heavy atom. The molecule has 0 unspecified atom stereocenters. The molecule has 0 fully saturated rings. The Balaban J connectivity index is 2.58. The van der Waals surface area contributed by atoms with E-state index < -0.39 is 17.7 Å². The van der Waals surface area contributed by atoms with Gasteiger partial charge in [0.1, 0.15) is 0 Å². The van der Waals surface area contributed by atoms with Crippen molar-refractivity contribution in [2.45, 2.75) is 17.5 Å². The van der Waals surface area contributed by atoms with Crippen molar-refractivity contribution >= 4 is 23.4 Å². The number of hydrogen-bond donors (Lipinski definition) is 3. The average Bonchev–Trinajstić information content (AvgIpc) is 2.30. The SMILES string of the molecule is NNOC(=O)CCSc1ccc(C(F)(F)F)cc1N. The van der Waals surface area contributed by atoms with Crippen LogP contribution in [0.4, 0.5) is 18.9 Å². The Hall–Kier alpha value is -1.45. The molecule has 0 amide bonds. The smallest absolute Gasteiger partial charge is 0.398 e. The third kappa shape index (κ3) is 4.97. The van der Waals surface area contributed by atoms with Crippen molar-refractivity contribution < 1.29 is 22.8 Å². The molecule has 0 aliphatic heterocycles. The molecule has 0 aliphatic carbocycles. The molecule has 1 aromatic rings. The number of anilines is 1. The molecule has 5 nitrogen and oxygen atoms in total. The van der Waals surface area contributed by atoms with Crippen LogP contribution in [-0.2, 0) is 15.8 Å². The molecule has 0 aromatic heterocycles. The highest BCUT2D eigenvalue weighted by Gasteiger charge is 2.30. The van der Waals surface area contributed by atoms with Crippen molar-refractivity contribution in [3.8, 4) is 0 Å². The monoisotopic (exact) mass is 295 g/mol. The van der Waals surface area contributed by atoms with E-state index in [0.29, 0.717) is 10.6 Å². The van der Waals surface area contributed by atoms with E-state index in [1.807, 2.05) is 0 Å². The number of thioether (sulfide) groups is 1. The van der Waals surface area contributed by atoms with Crippen LogP contribution in [0.5, 0.6) is 0 Å². The second-order valence-corrected chi connectivity index (χ2v) is 4.58. The largest absolute Gasteiger partial charge is 0.416 e. The van der Waals surface area contributed by atoms with Gasteiger partial charge in [0.2, 0.25) is 0 Å². The van der Waals surface area contributed by atoms with Crippen LogP contribution >= 0.6 is 11.8 Å². The van der Waals surface area contributed by atoms with E-state index in [1.54, 1.807) is 5.59 Å². The lowest BCUT2D eigenvalue weighted by atomic mass is 10.2. The molecule has 19 heavy (non-hydrogen) atoms. The van der Waals surface area contributed by atoms with Gasteiger partial charge in [-0.25, -0.2) is 5.84 Å². The van der Waals surface area contributed by atoms with Gasteiger partial charge in [-0.05, 0) is 18.2 Å². The summed E-state index contributed by atoms with van der Waals surface area (Å²) in [6.45, 7) is 0. The predicted octanol–water partition coefficient (Wildman–Crippen LogP) is 1.69. The summed E-state index contributed by atoms with van der Waals surface area (Å²) >= 11 is 1.16. The van der Waals surface area contributed by atoms with Crippen molar-refractivity contribution in [1.29, 1.82) is 0 Å². The molecule has 0 bridgehead atoms. The van der Waals surface area contributed by atoms with Gasteiger partial charge in [0.05, 0.1) is 12.0 Å². The van der Waals surface area contributed by atoms with Crippen LogP contribution in [0.15, 0.2) is 23.1 Å². The van der Waals surface area contributed by atoms with Crippen LogP contribution in [-0.4, -0.2) is 11.7 Å². The van der Waals surface area contributed by atoms with Gasteiger partial charge < -0.3 is 10.6 Å². The first-order chi connectivity index (χ1) is 8.84. The zero-order valence-corrected chi connectivity index (χ0v) is 10.5. The van der Waals surface area contributed by atoms with Gasteiger partial charge in [0.15, 0.2) is 0 Å². The fourth-order valence-corrected chi connectivity index (χ4v) is 2.10. The topological polar surface area (TPSA) is 90.4 Å². The van der Waals surface area contributed by atoms with Gasteiger partial charge in [-0.3, -0.25) is 4.79 Å². The molecule has 0 atom stereocenters. The Labute approximate surface area is 111 Å². The van der Waals surface area contributed by atoms with Gasteiger partial charge in [-0.2, -0.15) is 13.2 Å². The van der Waals surface area contributed by atoms with Gasteiger partial charge in [-0.15, -0.1) is 11.8 Å². The predicted molar refractivity (Wildman–Crippen MR) is 64.6 cm³/mol. The van der Waals surface area contributed by atoms with E-state index in [9.17, 15) is 18.0 Å². The molecular formula is C10H12F3N3O2S. The third-order valence-corrected chi connectivity index (χ3v) is 3.16. The first-order valence-corrected chi connectivity index (χ1v) is 6.08. The fraction of sp³-hybridized carbons (Fsp3) is 0.300. The van der Waals surface area contributed by atoms with Crippen molar-refractivity contribution in [3.05, 3.63) is 23.8 Å². The normalized spacial score (nSPS) is 11.4. The van der Waals surface area contributed by atoms with E-state index >= 15 is 0 Å². The lowest BCUT2D eigenvalue weighted by molar-refractivity contribution is -0.150. The Bertz CT molecular complexity index is 454. The van der Waals surface area contributed by atoms with Crippen LogP contribution < -0.4 is 17.2 Å². The molecular weight excluding hydrogens is 283 g/mol. The van der Waals surface area contributed by atoms with Crippen LogP contribution in [0.3, 0.4) is 0 Å². The summed E-state index contributed by atoms with van der Waals surface area (Å²) < 4.78 is 37.2. The lowest BCUT2D eigenvalue weighted by Crippen LogP contribution is -2.26. The minimum atomic E-state index is -4.42. The van der Waals surface area contributed by atoms with Crippen LogP contribution in [0.1, 0.15) is 12.0 Å². The second kappa shape index (κ2) is 6.64. The summed E-state index contributed by atoms with van der Waals surface area (Å²) in [7, 11) is 0. The number of halogens is 3. The van der Waals surface area contributed by atoms with Crippen LogP contribution in [0, 0.1) is 0 Å². The van der Waals surface area contributed by atoms with Crippen molar-refractivity contribution in [3.63, 3.8) is 0 Å². The van der Waals surface area contributed by atoms with E-state index in [4.69, 9.17) is 11.6 Å². The quantitative estimate of drug-likeness (QED) is 0.331. The van der Waals surface area contributed by atoms with Crippen LogP contribution in [0.25, 0.3) is 0 Å². The molecule has 0 saturated carbocycles. The number of nitrogens with two attached hydrogens (primary N) is 2. The standard InChI is InChI=1S/C10H12F3N3O2S/c11-10(12,13)6-1-2-8(7(14)5-6)19-4-3-9(17)18-16-15/h1-2,5,16H,3-4,14-15H2.